The van der Waals surface area contributed by atoms with Crippen LogP contribution in [0.3, 0.4) is 0 Å². The third kappa shape index (κ3) is 3.13. The van der Waals surface area contributed by atoms with E-state index >= 15 is 0 Å². The first-order valence-corrected chi connectivity index (χ1v) is 5.48. The number of carbonyl (C=O) groups excluding carboxylic acids is 1. The van der Waals surface area contributed by atoms with Crippen molar-refractivity contribution in [1.29, 1.82) is 0 Å². The molecule has 0 spiro atoms. The fraction of sp³-hybridized carbons (Fsp3) is 0.615. The summed E-state index contributed by atoms with van der Waals surface area (Å²) in [4.78, 5) is 11.7. The molecule has 0 radical (unpaired) electrons. The molecule has 0 aliphatic heterocycles. The van der Waals surface area contributed by atoms with Crippen molar-refractivity contribution in [3.8, 4) is 0 Å². The van der Waals surface area contributed by atoms with Gasteiger partial charge in [-0.2, -0.15) is 0 Å². The van der Waals surface area contributed by atoms with E-state index in [9.17, 15) is 4.79 Å². The molecular formula is C13H20O. The second-order valence-electron chi connectivity index (χ2n) is 4.46. The molecule has 1 nitrogen and oxygen atoms in total. The van der Waals surface area contributed by atoms with Gasteiger partial charge in [-0.05, 0) is 36.7 Å². The van der Waals surface area contributed by atoms with E-state index < -0.39 is 0 Å². The topological polar surface area (TPSA) is 17.1 Å². The highest BCUT2D eigenvalue weighted by atomic mass is 16.1. The molecule has 0 saturated heterocycles. The maximum absolute atomic E-state index is 11.7. The molecule has 0 fully saturated rings. The molecule has 2 atom stereocenters. The van der Waals surface area contributed by atoms with Crippen molar-refractivity contribution in [3.05, 3.63) is 24.3 Å². The monoisotopic (exact) mass is 192 g/mol. The number of hydrogen-bond donors (Lipinski definition) is 0. The summed E-state index contributed by atoms with van der Waals surface area (Å²) in [6.45, 7) is 8.05. The number of Topliss-reactive ketones (excluding diaryl/α,β-unsaturated/α-hetero) is 1. The molecule has 0 saturated carbocycles. The normalized spacial score (nSPS) is 26.9. The van der Waals surface area contributed by atoms with Gasteiger partial charge in [0.25, 0.3) is 0 Å². The van der Waals surface area contributed by atoms with Crippen LogP contribution in [0.15, 0.2) is 24.3 Å². The Bertz CT molecular complexity index is 250. The zero-order valence-corrected chi connectivity index (χ0v) is 9.25. The summed E-state index contributed by atoms with van der Waals surface area (Å²) in [6, 6.07) is 0. The molecule has 78 valence electrons. The van der Waals surface area contributed by atoms with Crippen LogP contribution in [0.1, 0.15) is 39.5 Å². The van der Waals surface area contributed by atoms with Crippen LogP contribution in [0.5, 0.6) is 0 Å². The molecular weight excluding hydrogens is 172 g/mol. The van der Waals surface area contributed by atoms with E-state index in [2.05, 4.69) is 26.5 Å². The Labute approximate surface area is 86.9 Å². The van der Waals surface area contributed by atoms with Crippen molar-refractivity contribution < 1.29 is 4.79 Å². The van der Waals surface area contributed by atoms with Gasteiger partial charge in [0.15, 0.2) is 5.78 Å². The number of carbonyl (C=O) groups is 1. The summed E-state index contributed by atoms with van der Waals surface area (Å²) >= 11 is 0. The molecule has 1 heteroatoms. The van der Waals surface area contributed by atoms with Crippen LogP contribution in [0.4, 0.5) is 0 Å². The molecule has 0 aromatic heterocycles. The van der Waals surface area contributed by atoms with E-state index in [1.807, 2.05) is 6.08 Å². The number of ketones is 1. The van der Waals surface area contributed by atoms with Gasteiger partial charge in [-0.3, -0.25) is 4.79 Å². The van der Waals surface area contributed by atoms with Crippen LogP contribution in [0.25, 0.3) is 0 Å². The Kier molecular flexibility index (Phi) is 4.12. The molecule has 1 rings (SSSR count). The fourth-order valence-corrected chi connectivity index (χ4v) is 2.17. The molecule has 0 amide bonds. The lowest BCUT2D eigenvalue weighted by Crippen LogP contribution is -2.15. The molecule has 0 aromatic carbocycles. The highest BCUT2D eigenvalue weighted by Crippen LogP contribution is 2.28. The Balaban J connectivity index is 2.57. The van der Waals surface area contributed by atoms with Crippen LogP contribution < -0.4 is 0 Å². The summed E-state index contributed by atoms with van der Waals surface area (Å²) in [5.74, 6) is 1.56. The van der Waals surface area contributed by atoms with Crippen LogP contribution in [-0.4, -0.2) is 5.78 Å². The number of allylic oxidation sites excluding steroid dienone is 3. The van der Waals surface area contributed by atoms with Crippen molar-refractivity contribution in [2.45, 2.75) is 39.5 Å². The van der Waals surface area contributed by atoms with E-state index in [1.165, 1.54) is 6.42 Å². The van der Waals surface area contributed by atoms with Gasteiger partial charge < -0.3 is 0 Å². The van der Waals surface area contributed by atoms with Gasteiger partial charge in [0, 0.05) is 6.42 Å². The number of rotatable bonds is 4. The summed E-state index contributed by atoms with van der Waals surface area (Å²) in [5, 5.41) is 0. The predicted octanol–water partition coefficient (Wildman–Crippen LogP) is 3.51. The highest BCUT2D eigenvalue weighted by molar-refractivity contribution is 5.95. The van der Waals surface area contributed by atoms with Crippen molar-refractivity contribution >= 4 is 5.78 Å². The minimum atomic E-state index is 0.322. The second-order valence-corrected chi connectivity index (χ2v) is 4.46. The minimum Gasteiger partial charge on any atom is -0.295 e. The first kappa shape index (κ1) is 11.2. The molecule has 0 aromatic rings. The van der Waals surface area contributed by atoms with Crippen molar-refractivity contribution in [2.24, 2.45) is 11.8 Å². The molecule has 14 heavy (non-hydrogen) atoms. The first-order valence-electron chi connectivity index (χ1n) is 5.48. The van der Waals surface area contributed by atoms with Crippen LogP contribution in [0.2, 0.25) is 0 Å². The first-order chi connectivity index (χ1) is 6.63. The Hall–Kier alpha value is -0.850. The molecule has 0 heterocycles. The van der Waals surface area contributed by atoms with E-state index in [1.54, 1.807) is 0 Å². The van der Waals surface area contributed by atoms with Gasteiger partial charge in [-0.1, -0.05) is 26.0 Å². The lowest BCUT2D eigenvalue weighted by molar-refractivity contribution is -0.115. The standard InChI is InChI=1S/C13H20O/c1-4-5-6-13(14)12-8-10(2)7-11(3)9-12/h4,8,10-11H,1,5-7,9H2,2-3H3. The summed E-state index contributed by atoms with van der Waals surface area (Å²) < 4.78 is 0. The molecule has 0 N–H and O–H groups in total. The minimum absolute atomic E-state index is 0.322. The lowest BCUT2D eigenvalue weighted by Gasteiger charge is -2.22. The van der Waals surface area contributed by atoms with E-state index in [0.29, 0.717) is 24.0 Å². The summed E-state index contributed by atoms with van der Waals surface area (Å²) in [5.41, 5.74) is 1.05. The van der Waals surface area contributed by atoms with Gasteiger partial charge in [-0.15, -0.1) is 6.58 Å². The molecule has 1 aliphatic rings. The Morgan fingerprint density at radius 3 is 2.93 bits per heavy atom. The maximum Gasteiger partial charge on any atom is 0.158 e. The smallest absolute Gasteiger partial charge is 0.158 e. The predicted molar refractivity (Wildman–Crippen MR) is 60.1 cm³/mol. The third-order valence-corrected chi connectivity index (χ3v) is 2.76. The maximum atomic E-state index is 11.7. The van der Waals surface area contributed by atoms with Crippen molar-refractivity contribution in [2.75, 3.05) is 0 Å². The SMILES string of the molecule is C=CCCC(=O)C1=CC(C)CC(C)C1. The fourth-order valence-electron chi connectivity index (χ4n) is 2.17. The van der Waals surface area contributed by atoms with Crippen molar-refractivity contribution in [3.63, 3.8) is 0 Å². The average Bonchev–Trinajstić information content (AvgIpc) is 2.12. The Morgan fingerprint density at radius 2 is 2.36 bits per heavy atom. The third-order valence-electron chi connectivity index (χ3n) is 2.76. The zero-order chi connectivity index (χ0) is 10.6. The highest BCUT2D eigenvalue weighted by Gasteiger charge is 2.19. The average molecular weight is 192 g/mol. The zero-order valence-electron chi connectivity index (χ0n) is 9.25. The van der Waals surface area contributed by atoms with Crippen LogP contribution in [0, 0.1) is 11.8 Å². The summed E-state index contributed by atoms with van der Waals surface area (Å²) in [7, 11) is 0. The van der Waals surface area contributed by atoms with Gasteiger partial charge in [0.2, 0.25) is 0 Å². The van der Waals surface area contributed by atoms with Crippen LogP contribution in [-0.2, 0) is 4.79 Å². The van der Waals surface area contributed by atoms with Gasteiger partial charge in [-0.25, -0.2) is 0 Å². The molecule has 1 aliphatic carbocycles. The number of hydrogen-bond acceptors (Lipinski definition) is 1. The van der Waals surface area contributed by atoms with E-state index in [0.717, 1.165) is 18.4 Å². The van der Waals surface area contributed by atoms with Crippen molar-refractivity contribution in [1.82, 2.24) is 0 Å². The van der Waals surface area contributed by atoms with Gasteiger partial charge >= 0.3 is 0 Å². The van der Waals surface area contributed by atoms with E-state index in [-0.39, 0.29) is 0 Å². The Morgan fingerprint density at radius 1 is 1.64 bits per heavy atom. The van der Waals surface area contributed by atoms with Gasteiger partial charge in [0.1, 0.15) is 0 Å². The van der Waals surface area contributed by atoms with E-state index in [4.69, 9.17) is 0 Å². The molecule has 2 unspecified atom stereocenters. The lowest BCUT2D eigenvalue weighted by atomic mass is 9.82. The largest absolute Gasteiger partial charge is 0.295 e. The molecule has 0 bridgehead atoms. The van der Waals surface area contributed by atoms with Crippen LogP contribution >= 0.6 is 0 Å². The summed E-state index contributed by atoms with van der Waals surface area (Å²) in [6.07, 6.45) is 7.60. The quantitative estimate of drug-likeness (QED) is 0.623. The van der Waals surface area contributed by atoms with Gasteiger partial charge in [0.05, 0.1) is 0 Å². The second kappa shape index (κ2) is 5.14.